The Morgan fingerprint density at radius 2 is 1.82 bits per heavy atom. The van der Waals surface area contributed by atoms with Crippen LogP contribution in [0.3, 0.4) is 0 Å². The van der Waals surface area contributed by atoms with Crippen molar-refractivity contribution in [2.75, 3.05) is 0 Å². The molecule has 4 rings (SSSR count). The second kappa shape index (κ2) is 7.51. The van der Waals surface area contributed by atoms with Crippen molar-refractivity contribution in [3.63, 3.8) is 0 Å². The van der Waals surface area contributed by atoms with E-state index in [-0.39, 0.29) is 0 Å². The van der Waals surface area contributed by atoms with E-state index in [4.69, 9.17) is 5.73 Å². The lowest BCUT2D eigenvalue weighted by atomic mass is 10.0. The Hall–Kier alpha value is -3.07. The monoisotopic (exact) mass is 369 g/mol. The highest BCUT2D eigenvalue weighted by molar-refractivity contribution is 6.17. The first-order valence-corrected chi connectivity index (χ1v) is 9.96. The van der Waals surface area contributed by atoms with Crippen molar-refractivity contribution in [2.45, 2.75) is 39.7 Å². The van der Waals surface area contributed by atoms with Gasteiger partial charge in [-0.1, -0.05) is 56.7 Å². The molecule has 3 nitrogen and oxygen atoms in total. The maximum atomic E-state index is 12.1. The highest BCUT2D eigenvalue weighted by Gasteiger charge is 2.17. The molecule has 3 heteroatoms. The summed E-state index contributed by atoms with van der Waals surface area (Å²) in [6, 6.07) is 22.1. The fraction of sp³-hybridized carbons (Fsp3) is 0.240. The van der Waals surface area contributed by atoms with Gasteiger partial charge >= 0.3 is 0 Å². The van der Waals surface area contributed by atoms with Gasteiger partial charge in [-0.3, -0.25) is 4.79 Å². The molecule has 1 heterocycles. The summed E-state index contributed by atoms with van der Waals surface area (Å²) in [6.45, 7) is 5.13. The number of aromatic nitrogens is 1. The molecule has 1 radical (unpaired) electrons. The molecule has 0 unspecified atom stereocenters. The van der Waals surface area contributed by atoms with E-state index >= 15 is 0 Å². The maximum absolute atomic E-state index is 12.1. The van der Waals surface area contributed by atoms with Gasteiger partial charge in [0.1, 0.15) is 0 Å². The third-order valence-electron chi connectivity index (χ3n) is 5.49. The van der Waals surface area contributed by atoms with Gasteiger partial charge in [-0.2, -0.15) is 0 Å². The Kier molecular flexibility index (Phi) is 4.91. The number of rotatable bonds is 6. The van der Waals surface area contributed by atoms with Crippen molar-refractivity contribution in [3.05, 3.63) is 82.9 Å². The summed E-state index contributed by atoms with van der Waals surface area (Å²) in [5, 5.41) is 1.88. The van der Waals surface area contributed by atoms with Crippen LogP contribution in [0, 0.1) is 6.07 Å². The normalized spacial score (nSPS) is 11.4. The highest BCUT2D eigenvalue weighted by Crippen LogP contribution is 2.33. The quantitative estimate of drug-likeness (QED) is 0.495. The molecule has 0 aliphatic rings. The fourth-order valence-corrected chi connectivity index (χ4v) is 4.13. The van der Waals surface area contributed by atoms with Gasteiger partial charge in [0, 0.05) is 22.9 Å². The Labute approximate surface area is 165 Å². The van der Waals surface area contributed by atoms with E-state index in [1.165, 1.54) is 16.7 Å². The number of hydrogen-bond donors (Lipinski definition) is 1. The van der Waals surface area contributed by atoms with Crippen molar-refractivity contribution < 1.29 is 4.79 Å². The molecular weight excluding hydrogens is 344 g/mol. The van der Waals surface area contributed by atoms with Crippen LogP contribution in [0.25, 0.3) is 21.8 Å². The SMILES string of the molecule is CCCc1c[c]c2c3c(C(N)=O)cccc3n(Cc3ccccc3CC)c2c1. The van der Waals surface area contributed by atoms with E-state index in [2.05, 4.69) is 60.9 Å². The summed E-state index contributed by atoms with van der Waals surface area (Å²) in [6.07, 6.45) is 3.10. The molecule has 3 aromatic carbocycles. The lowest BCUT2D eigenvalue weighted by Crippen LogP contribution is -2.11. The van der Waals surface area contributed by atoms with Crippen LogP contribution in [-0.2, 0) is 19.4 Å². The van der Waals surface area contributed by atoms with E-state index in [0.29, 0.717) is 5.56 Å². The summed E-state index contributed by atoms with van der Waals surface area (Å²) in [7, 11) is 0. The molecule has 4 aromatic rings. The van der Waals surface area contributed by atoms with Crippen molar-refractivity contribution in [1.29, 1.82) is 0 Å². The smallest absolute Gasteiger partial charge is 0.249 e. The largest absolute Gasteiger partial charge is 0.366 e. The molecule has 1 amide bonds. The van der Waals surface area contributed by atoms with Crippen molar-refractivity contribution >= 4 is 27.7 Å². The van der Waals surface area contributed by atoms with Crippen LogP contribution >= 0.6 is 0 Å². The molecule has 0 bridgehead atoms. The minimum atomic E-state index is -0.398. The second-order valence-electron chi connectivity index (χ2n) is 7.29. The third kappa shape index (κ3) is 3.07. The lowest BCUT2D eigenvalue weighted by molar-refractivity contribution is 0.100. The van der Waals surface area contributed by atoms with Crippen molar-refractivity contribution in [3.8, 4) is 0 Å². The van der Waals surface area contributed by atoms with Gasteiger partial charge in [-0.05, 0) is 53.8 Å². The zero-order valence-electron chi connectivity index (χ0n) is 16.5. The summed E-state index contributed by atoms with van der Waals surface area (Å²) in [5.74, 6) is -0.398. The second-order valence-corrected chi connectivity index (χ2v) is 7.29. The average molecular weight is 369 g/mol. The molecular formula is C25H25N2O. The van der Waals surface area contributed by atoms with E-state index < -0.39 is 5.91 Å². The Morgan fingerprint density at radius 3 is 2.54 bits per heavy atom. The summed E-state index contributed by atoms with van der Waals surface area (Å²) in [5.41, 5.74) is 12.3. The maximum Gasteiger partial charge on any atom is 0.249 e. The minimum Gasteiger partial charge on any atom is -0.366 e. The van der Waals surface area contributed by atoms with Gasteiger partial charge < -0.3 is 10.3 Å². The van der Waals surface area contributed by atoms with Gasteiger partial charge in [-0.25, -0.2) is 0 Å². The molecule has 0 aliphatic carbocycles. The molecule has 1 aromatic heterocycles. The number of nitrogens with two attached hydrogens (primary N) is 1. The van der Waals surface area contributed by atoms with Crippen LogP contribution in [0.5, 0.6) is 0 Å². The zero-order chi connectivity index (χ0) is 19.7. The van der Waals surface area contributed by atoms with Crippen LogP contribution in [0.2, 0.25) is 0 Å². The summed E-state index contributed by atoms with van der Waals surface area (Å²) < 4.78 is 2.31. The van der Waals surface area contributed by atoms with E-state index in [0.717, 1.165) is 47.6 Å². The van der Waals surface area contributed by atoms with Gasteiger partial charge in [0.2, 0.25) is 5.91 Å². The van der Waals surface area contributed by atoms with Crippen molar-refractivity contribution in [2.24, 2.45) is 5.73 Å². The minimum absolute atomic E-state index is 0.398. The van der Waals surface area contributed by atoms with Gasteiger partial charge in [-0.15, -0.1) is 0 Å². The number of fused-ring (bicyclic) bond motifs is 3. The number of aryl methyl sites for hydroxylation is 2. The molecule has 141 valence electrons. The average Bonchev–Trinajstić information content (AvgIpc) is 3.02. The van der Waals surface area contributed by atoms with E-state index in [9.17, 15) is 4.79 Å². The predicted octanol–water partition coefficient (Wildman–Crippen LogP) is 5.26. The highest BCUT2D eigenvalue weighted by atomic mass is 16.1. The van der Waals surface area contributed by atoms with E-state index in [1.54, 1.807) is 0 Å². The predicted molar refractivity (Wildman–Crippen MR) is 116 cm³/mol. The Morgan fingerprint density at radius 1 is 1.04 bits per heavy atom. The summed E-state index contributed by atoms with van der Waals surface area (Å²) >= 11 is 0. The Balaban J connectivity index is 2.02. The first-order chi connectivity index (χ1) is 13.6. The zero-order valence-corrected chi connectivity index (χ0v) is 16.5. The number of primary amides is 1. The first kappa shape index (κ1) is 18.3. The topological polar surface area (TPSA) is 48.0 Å². The van der Waals surface area contributed by atoms with Gasteiger partial charge in [0.25, 0.3) is 0 Å². The number of hydrogen-bond acceptors (Lipinski definition) is 1. The van der Waals surface area contributed by atoms with Crippen molar-refractivity contribution in [1.82, 2.24) is 4.57 Å². The van der Waals surface area contributed by atoms with Crippen LogP contribution in [0.4, 0.5) is 0 Å². The molecule has 2 N–H and O–H groups in total. The molecule has 28 heavy (non-hydrogen) atoms. The molecule has 0 spiro atoms. The van der Waals surface area contributed by atoms with Crippen LogP contribution in [-0.4, -0.2) is 10.5 Å². The number of nitrogens with zero attached hydrogens (tertiary/aromatic N) is 1. The van der Waals surface area contributed by atoms with Gasteiger partial charge in [0.05, 0.1) is 11.0 Å². The van der Waals surface area contributed by atoms with Crippen LogP contribution in [0.1, 0.15) is 47.3 Å². The number of amides is 1. The Bertz CT molecular complexity index is 1170. The fourth-order valence-electron chi connectivity index (χ4n) is 4.13. The van der Waals surface area contributed by atoms with Crippen LogP contribution in [0.15, 0.2) is 54.6 Å². The van der Waals surface area contributed by atoms with E-state index in [1.807, 2.05) is 18.2 Å². The lowest BCUT2D eigenvalue weighted by Gasteiger charge is -2.12. The summed E-state index contributed by atoms with van der Waals surface area (Å²) in [4.78, 5) is 12.1. The molecule has 0 saturated carbocycles. The number of benzene rings is 3. The molecule has 0 aliphatic heterocycles. The van der Waals surface area contributed by atoms with Gasteiger partial charge in [0.15, 0.2) is 0 Å². The number of carbonyl (C=O) groups excluding carboxylic acids is 1. The molecule has 0 fully saturated rings. The number of carbonyl (C=O) groups is 1. The molecule has 0 saturated heterocycles. The third-order valence-corrected chi connectivity index (χ3v) is 5.49. The van der Waals surface area contributed by atoms with Crippen LogP contribution < -0.4 is 5.73 Å². The molecule has 0 atom stereocenters. The first-order valence-electron chi connectivity index (χ1n) is 9.96. The standard InChI is InChI=1S/C25H25N2O/c1-3-8-17-13-14-20-23(15-17)27(16-19-10-6-5-9-18(19)4-2)22-12-7-11-21(24(20)22)25(26)28/h5-7,9-13,15H,3-4,8,16H2,1-2H3,(H2,26,28).